The van der Waals surface area contributed by atoms with Crippen molar-refractivity contribution in [1.82, 2.24) is 15.5 Å². The quantitative estimate of drug-likeness (QED) is 0.514. The number of alkyl halides is 3. The number of benzene rings is 1. The minimum Gasteiger partial charge on any atom is -0.360 e. The van der Waals surface area contributed by atoms with Crippen molar-refractivity contribution in [3.8, 4) is 11.3 Å². The number of carbonyl (C=O) groups excluding carboxylic acids is 2. The minimum absolute atomic E-state index is 0.108. The van der Waals surface area contributed by atoms with Gasteiger partial charge < -0.3 is 14.8 Å². The Bertz CT molecular complexity index is 1020. The van der Waals surface area contributed by atoms with Crippen molar-refractivity contribution in [2.24, 2.45) is 0 Å². The van der Waals surface area contributed by atoms with Crippen LogP contribution in [-0.2, 0) is 0 Å². The maximum absolute atomic E-state index is 12.9. The van der Waals surface area contributed by atoms with Crippen LogP contribution in [-0.4, -0.2) is 42.4 Å². The number of hydrogen-bond acceptors (Lipinski definition) is 4. The molecule has 2 N–H and O–H groups in total. The van der Waals surface area contributed by atoms with E-state index in [2.05, 4.69) is 10.1 Å². The molecule has 1 aromatic carbocycles. The molecule has 0 aliphatic rings. The fourth-order valence-electron chi connectivity index (χ4n) is 2.62. The van der Waals surface area contributed by atoms with Crippen molar-refractivity contribution in [2.45, 2.75) is 13.1 Å². The summed E-state index contributed by atoms with van der Waals surface area (Å²) in [5.41, 5.74) is 2.26. The molecule has 0 unspecified atom stereocenters. The average molecular weight is 389 g/mol. The molecule has 3 rings (SSSR count). The van der Waals surface area contributed by atoms with Crippen LogP contribution in [0.4, 0.5) is 13.2 Å². The van der Waals surface area contributed by atoms with E-state index in [0.717, 1.165) is 5.46 Å². The first-order valence-corrected chi connectivity index (χ1v) is 8.27. The second kappa shape index (κ2) is 7.38. The van der Waals surface area contributed by atoms with Gasteiger partial charge in [0.25, 0.3) is 5.91 Å². The summed E-state index contributed by atoms with van der Waals surface area (Å²) in [5.74, 6) is -1.12. The molecule has 0 aliphatic heterocycles. The molecule has 2 aromatic heterocycles. The minimum atomic E-state index is -4.52. The Morgan fingerprint density at radius 2 is 1.93 bits per heavy atom. The Kier molecular flexibility index (Phi) is 5.13. The topological polar surface area (TPSA) is 88.0 Å². The first-order valence-electron chi connectivity index (χ1n) is 8.27. The highest BCUT2D eigenvalue weighted by Crippen LogP contribution is 2.27. The number of aromatic amines is 1. The number of ketones is 1. The third kappa shape index (κ3) is 4.16. The average Bonchev–Trinajstić information content (AvgIpc) is 3.26. The van der Waals surface area contributed by atoms with Gasteiger partial charge in [0.05, 0.1) is 5.56 Å². The Balaban J connectivity index is 1.86. The Hall–Kier alpha value is -3.30. The monoisotopic (exact) mass is 389 g/mol. The molecule has 0 fully saturated rings. The normalized spacial score (nSPS) is 11.4. The number of aryl methyl sites for hydroxylation is 1. The fraction of sp³-hybridized carbons (Fsp3) is 0.167. The van der Waals surface area contributed by atoms with Gasteiger partial charge in [0.2, 0.25) is 0 Å². The molecule has 2 heterocycles. The zero-order chi connectivity index (χ0) is 20.5. The molecular formula is C18H15BF3N3O3. The molecule has 6 nitrogen and oxygen atoms in total. The smallest absolute Gasteiger partial charge is 0.360 e. The van der Waals surface area contributed by atoms with Crippen molar-refractivity contribution in [1.29, 1.82) is 0 Å². The summed E-state index contributed by atoms with van der Waals surface area (Å²) < 4.78 is 41.9. The molecule has 0 saturated carbocycles. The van der Waals surface area contributed by atoms with Gasteiger partial charge in [-0.15, -0.1) is 0 Å². The van der Waals surface area contributed by atoms with Gasteiger partial charge in [-0.25, -0.2) is 0 Å². The molecule has 0 atom stereocenters. The molecule has 0 radical (unpaired) electrons. The number of amides is 1. The molecule has 0 bridgehead atoms. The van der Waals surface area contributed by atoms with Crippen LogP contribution < -0.4 is 10.8 Å². The van der Waals surface area contributed by atoms with Crippen LogP contribution >= 0.6 is 0 Å². The molecule has 0 aliphatic carbocycles. The van der Waals surface area contributed by atoms with Gasteiger partial charge in [-0.1, -0.05) is 34.9 Å². The van der Waals surface area contributed by atoms with E-state index in [-0.39, 0.29) is 16.8 Å². The molecule has 0 spiro atoms. The van der Waals surface area contributed by atoms with Crippen LogP contribution in [0.3, 0.4) is 0 Å². The van der Waals surface area contributed by atoms with Gasteiger partial charge in [0.1, 0.15) is 31.5 Å². The van der Waals surface area contributed by atoms with E-state index in [1.165, 1.54) is 12.3 Å². The lowest BCUT2D eigenvalue weighted by Gasteiger charge is -2.06. The number of rotatable bonds is 5. The molecule has 0 saturated heterocycles. The van der Waals surface area contributed by atoms with Crippen LogP contribution in [0, 0.1) is 6.92 Å². The van der Waals surface area contributed by atoms with Crippen molar-refractivity contribution < 1.29 is 27.3 Å². The van der Waals surface area contributed by atoms with Gasteiger partial charge in [-0.3, -0.25) is 9.59 Å². The molecule has 144 valence electrons. The van der Waals surface area contributed by atoms with Gasteiger partial charge in [-0.05, 0) is 13.0 Å². The fourth-order valence-corrected chi connectivity index (χ4v) is 2.62. The number of carbonyl (C=O) groups is 2. The van der Waals surface area contributed by atoms with Crippen molar-refractivity contribution >= 4 is 25.0 Å². The maximum Gasteiger partial charge on any atom is 0.405 e. The summed E-state index contributed by atoms with van der Waals surface area (Å²) in [6, 6.07) is 8.53. The van der Waals surface area contributed by atoms with Crippen LogP contribution in [0.1, 0.15) is 32.2 Å². The Labute approximate surface area is 158 Å². The van der Waals surface area contributed by atoms with Gasteiger partial charge >= 0.3 is 6.18 Å². The molecular weight excluding hydrogens is 374 g/mol. The van der Waals surface area contributed by atoms with Gasteiger partial charge in [0, 0.05) is 17.3 Å². The molecule has 28 heavy (non-hydrogen) atoms. The third-order valence-electron chi connectivity index (χ3n) is 4.05. The molecule has 10 heteroatoms. The lowest BCUT2D eigenvalue weighted by molar-refractivity contribution is -0.123. The predicted molar refractivity (Wildman–Crippen MR) is 97.5 cm³/mol. The van der Waals surface area contributed by atoms with E-state index >= 15 is 0 Å². The summed E-state index contributed by atoms with van der Waals surface area (Å²) in [7, 11) is 1.93. The maximum atomic E-state index is 12.9. The number of nitrogens with one attached hydrogen (secondary N) is 2. The van der Waals surface area contributed by atoms with E-state index in [4.69, 9.17) is 4.52 Å². The predicted octanol–water partition coefficient (Wildman–Crippen LogP) is 1.76. The second-order valence-corrected chi connectivity index (χ2v) is 6.26. The summed E-state index contributed by atoms with van der Waals surface area (Å²) >= 11 is 0. The second-order valence-electron chi connectivity index (χ2n) is 6.26. The number of H-pyrrole nitrogens is 1. The van der Waals surface area contributed by atoms with Crippen LogP contribution in [0.15, 0.2) is 41.1 Å². The number of hydrogen-bond donors (Lipinski definition) is 2. The molecule has 3 aromatic rings. The number of aromatic nitrogens is 2. The van der Waals surface area contributed by atoms with E-state index in [9.17, 15) is 22.8 Å². The lowest BCUT2D eigenvalue weighted by atomic mass is 9.93. The summed E-state index contributed by atoms with van der Waals surface area (Å²) in [6.45, 7) is 0.123. The van der Waals surface area contributed by atoms with Gasteiger partial charge in [-0.2, -0.15) is 13.2 Å². The first kappa shape index (κ1) is 19.5. The molecule has 1 amide bonds. The SMILES string of the molecule is Bc1ccc(-c2noc(C)c2C(=O)c2c[nH]c(C(=O)NCC(F)(F)F)c2)cc1. The van der Waals surface area contributed by atoms with E-state index in [1.54, 1.807) is 24.4 Å². The van der Waals surface area contributed by atoms with Crippen LogP contribution in [0.25, 0.3) is 11.3 Å². The lowest BCUT2D eigenvalue weighted by Crippen LogP contribution is -2.33. The highest BCUT2D eigenvalue weighted by atomic mass is 19.4. The van der Waals surface area contributed by atoms with E-state index < -0.39 is 24.4 Å². The summed E-state index contributed by atoms with van der Waals surface area (Å²) in [6.07, 6.45) is -3.26. The first-order chi connectivity index (χ1) is 13.2. The van der Waals surface area contributed by atoms with Crippen LogP contribution in [0.5, 0.6) is 0 Å². The zero-order valence-corrected chi connectivity index (χ0v) is 15.0. The summed E-state index contributed by atoms with van der Waals surface area (Å²) in [4.78, 5) is 27.2. The summed E-state index contributed by atoms with van der Waals surface area (Å²) in [5, 5.41) is 5.69. The Morgan fingerprint density at radius 3 is 2.57 bits per heavy atom. The van der Waals surface area contributed by atoms with Crippen molar-refractivity contribution in [3.63, 3.8) is 0 Å². The highest BCUT2D eigenvalue weighted by molar-refractivity contribution is 6.32. The van der Waals surface area contributed by atoms with Gasteiger partial charge in [0.15, 0.2) is 5.78 Å². The van der Waals surface area contributed by atoms with E-state index in [1.807, 2.05) is 20.0 Å². The standard InChI is InChI=1S/C18H15BF3N3O3/c1-9-14(15(25-28-9)10-2-4-12(19)5-3-10)16(26)11-6-13(23-7-11)17(27)24-8-18(20,21)22/h2-7,23H,8,19H2,1H3,(H,24,27). The number of halogens is 3. The number of nitrogens with zero attached hydrogens (tertiary/aromatic N) is 1. The Morgan fingerprint density at radius 1 is 1.25 bits per heavy atom. The largest absolute Gasteiger partial charge is 0.405 e. The van der Waals surface area contributed by atoms with E-state index in [0.29, 0.717) is 17.0 Å². The van der Waals surface area contributed by atoms with Crippen molar-refractivity contribution in [2.75, 3.05) is 6.54 Å². The van der Waals surface area contributed by atoms with Crippen LogP contribution in [0.2, 0.25) is 0 Å². The zero-order valence-electron chi connectivity index (χ0n) is 15.0. The highest BCUT2D eigenvalue weighted by Gasteiger charge is 2.29. The third-order valence-corrected chi connectivity index (χ3v) is 4.05. The van der Waals surface area contributed by atoms with Crippen molar-refractivity contribution in [3.05, 3.63) is 59.1 Å².